The SMILES string of the molecule is CCC#CCN1CCC(c2nnc(CN3CCC(O)CC3)n2C)CC1. The summed E-state index contributed by atoms with van der Waals surface area (Å²) in [6, 6.07) is 0. The highest BCUT2D eigenvalue weighted by atomic mass is 16.3. The quantitative estimate of drug-likeness (QED) is 0.835. The molecular formula is C19H31N5O. The maximum atomic E-state index is 9.64. The number of likely N-dealkylation sites (tertiary alicyclic amines) is 2. The molecule has 1 aromatic rings. The number of aliphatic hydroxyl groups is 1. The summed E-state index contributed by atoms with van der Waals surface area (Å²) in [5.41, 5.74) is 0. The summed E-state index contributed by atoms with van der Waals surface area (Å²) in [5.74, 6) is 9.08. The molecule has 0 radical (unpaired) electrons. The van der Waals surface area contributed by atoms with Gasteiger partial charge in [-0.2, -0.15) is 0 Å². The Bertz CT molecular complexity index is 601. The molecule has 0 spiro atoms. The number of aromatic nitrogens is 3. The molecule has 0 bridgehead atoms. The van der Waals surface area contributed by atoms with Gasteiger partial charge >= 0.3 is 0 Å². The Hall–Kier alpha value is -1.42. The van der Waals surface area contributed by atoms with Crippen molar-refractivity contribution in [2.24, 2.45) is 7.05 Å². The van der Waals surface area contributed by atoms with Crippen molar-refractivity contribution in [2.45, 2.75) is 57.6 Å². The van der Waals surface area contributed by atoms with Gasteiger partial charge in [-0.15, -0.1) is 16.1 Å². The van der Waals surface area contributed by atoms with Gasteiger partial charge in [-0.25, -0.2) is 0 Å². The average Bonchev–Trinajstić information content (AvgIpc) is 2.98. The van der Waals surface area contributed by atoms with Gasteiger partial charge in [-0.3, -0.25) is 9.80 Å². The summed E-state index contributed by atoms with van der Waals surface area (Å²) < 4.78 is 2.20. The van der Waals surface area contributed by atoms with E-state index in [0.717, 1.165) is 83.0 Å². The second kappa shape index (κ2) is 8.79. The third-order valence-electron chi connectivity index (χ3n) is 5.48. The maximum Gasteiger partial charge on any atom is 0.146 e. The summed E-state index contributed by atoms with van der Waals surface area (Å²) in [7, 11) is 2.10. The summed E-state index contributed by atoms with van der Waals surface area (Å²) in [4.78, 5) is 4.81. The van der Waals surface area contributed by atoms with Crippen molar-refractivity contribution in [1.82, 2.24) is 24.6 Å². The van der Waals surface area contributed by atoms with Gasteiger partial charge in [0.1, 0.15) is 11.6 Å². The minimum atomic E-state index is -0.126. The maximum absolute atomic E-state index is 9.64. The molecule has 0 unspecified atom stereocenters. The Morgan fingerprint density at radius 3 is 2.36 bits per heavy atom. The number of nitrogens with zero attached hydrogens (tertiary/aromatic N) is 5. The Kier molecular flexibility index (Phi) is 6.46. The number of rotatable bonds is 4. The minimum Gasteiger partial charge on any atom is -0.393 e. The van der Waals surface area contributed by atoms with Crippen LogP contribution in [-0.2, 0) is 13.6 Å². The van der Waals surface area contributed by atoms with Crippen LogP contribution in [0.2, 0.25) is 0 Å². The third kappa shape index (κ3) is 4.81. The molecule has 0 aliphatic carbocycles. The van der Waals surface area contributed by atoms with E-state index in [9.17, 15) is 5.11 Å². The summed E-state index contributed by atoms with van der Waals surface area (Å²) >= 11 is 0. The monoisotopic (exact) mass is 345 g/mol. The molecule has 3 heterocycles. The largest absolute Gasteiger partial charge is 0.393 e. The fourth-order valence-electron chi connectivity index (χ4n) is 3.79. The smallest absolute Gasteiger partial charge is 0.146 e. The van der Waals surface area contributed by atoms with Gasteiger partial charge in [0.2, 0.25) is 0 Å². The van der Waals surface area contributed by atoms with E-state index < -0.39 is 0 Å². The molecule has 0 amide bonds. The van der Waals surface area contributed by atoms with Crippen LogP contribution >= 0.6 is 0 Å². The molecule has 6 nitrogen and oxygen atoms in total. The van der Waals surface area contributed by atoms with E-state index in [0.29, 0.717) is 5.92 Å². The zero-order valence-electron chi connectivity index (χ0n) is 15.6. The minimum absolute atomic E-state index is 0.126. The number of piperidine rings is 2. The van der Waals surface area contributed by atoms with Crippen LogP contribution in [0.4, 0.5) is 0 Å². The van der Waals surface area contributed by atoms with E-state index in [4.69, 9.17) is 0 Å². The van der Waals surface area contributed by atoms with Crippen LogP contribution in [0.3, 0.4) is 0 Å². The molecular weight excluding hydrogens is 314 g/mol. The fraction of sp³-hybridized carbons (Fsp3) is 0.789. The molecule has 3 rings (SSSR count). The topological polar surface area (TPSA) is 57.4 Å². The number of hydrogen-bond donors (Lipinski definition) is 1. The molecule has 25 heavy (non-hydrogen) atoms. The van der Waals surface area contributed by atoms with Gasteiger partial charge < -0.3 is 9.67 Å². The van der Waals surface area contributed by atoms with E-state index in [2.05, 4.69) is 50.4 Å². The molecule has 1 aromatic heterocycles. The van der Waals surface area contributed by atoms with Gasteiger partial charge in [-0.1, -0.05) is 12.8 Å². The Morgan fingerprint density at radius 2 is 1.68 bits per heavy atom. The first-order valence-corrected chi connectivity index (χ1v) is 9.64. The second-order valence-electron chi connectivity index (χ2n) is 7.30. The summed E-state index contributed by atoms with van der Waals surface area (Å²) in [5, 5.41) is 18.6. The molecule has 138 valence electrons. The van der Waals surface area contributed by atoms with E-state index in [1.807, 2.05) is 0 Å². The Morgan fingerprint density at radius 1 is 1.00 bits per heavy atom. The lowest BCUT2D eigenvalue weighted by atomic mass is 9.96. The van der Waals surface area contributed by atoms with Crippen LogP contribution in [0, 0.1) is 11.8 Å². The molecule has 2 aliphatic rings. The van der Waals surface area contributed by atoms with Crippen LogP contribution in [0.5, 0.6) is 0 Å². The highest BCUT2D eigenvalue weighted by Crippen LogP contribution is 2.27. The highest BCUT2D eigenvalue weighted by molar-refractivity contribution is 5.05. The van der Waals surface area contributed by atoms with Crippen molar-refractivity contribution in [3.63, 3.8) is 0 Å². The van der Waals surface area contributed by atoms with Gasteiger partial charge in [0, 0.05) is 32.5 Å². The van der Waals surface area contributed by atoms with Crippen molar-refractivity contribution >= 4 is 0 Å². The molecule has 0 saturated carbocycles. The summed E-state index contributed by atoms with van der Waals surface area (Å²) in [6.07, 6.45) is 4.81. The fourth-order valence-corrected chi connectivity index (χ4v) is 3.79. The van der Waals surface area contributed by atoms with Crippen LogP contribution in [0.25, 0.3) is 0 Å². The van der Waals surface area contributed by atoms with Crippen LogP contribution in [0.1, 0.15) is 56.6 Å². The van der Waals surface area contributed by atoms with E-state index in [1.165, 1.54) is 0 Å². The predicted molar refractivity (Wildman–Crippen MR) is 98.0 cm³/mol. The lowest BCUT2D eigenvalue weighted by Crippen LogP contribution is -2.36. The van der Waals surface area contributed by atoms with Crippen molar-refractivity contribution in [3.05, 3.63) is 11.6 Å². The van der Waals surface area contributed by atoms with Crippen molar-refractivity contribution in [1.29, 1.82) is 0 Å². The van der Waals surface area contributed by atoms with E-state index in [1.54, 1.807) is 0 Å². The predicted octanol–water partition coefficient (Wildman–Crippen LogP) is 1.36. The highest BCUT2D eigenvalue weighted by Gasteiger charge is 2.26. The molecule has 1 N–H and O–H groups in total. The molecule has 6 heteroatoms. The number of aliphatic hydroxyl groups excluding tert-OH is 1. The average molecular weight is 345 g/mol. The van der Waals surface area contributed by atoms with Crippen LogP contribution in [0.15, 0.2) is 0 Å². The van der Waals surface area contributed by atoms with Crippen molar-refractivity contribution in [2.75, 3.05) is 32.7 Å². The first-order chi connectivity index (χ1) is 12.2. The molecule has 0 atom stereocenters. The van der Waals surface area contributed by atoms with E-state index >= 15 is 0 Å². The van der Waals surface area contributed by atoms with Gasteiger partial charge in [0.15, 0.2) is 0 Å². The molecule has 2 fully saturated rings. The second-order valence-corrected chi connectivity index (χ2v) is 7.30. The third-order valence-corrected chi connectivity index (χ3v) is 5.48. The lowest BCUT2D eigenvalue weighted by molar-refractivity contribution is 0.0775. The van der Waals surface area contributed by atoms with Gasteiger partial charge in [0.25, 0.3) is 0 Å². The number of hydrogen-bond acceptors (Lipinski definition) is 5. The standard InChI is InChI=1S/C19H31N5O/c1-3-4-5-10-23-11-6-16(7-12-23)19-21-20-18(22(19)2)15-24-13-8-17(25)9-14-24/h16-17,25H,3,6-15H2,1-2H3. The molecule has 0 aromatic carbocycles. The Labute approximate surface area is 151 Å². The molecule has 2 saturated heterocycles. The van der Waals surface area contributed by atoms with Crippen LogP contribution < -0.4 is 0 Å². The van der Waals surface area contributed by atoms with E-state index in [-0.39, 0.29) is 6.10 Å². The van der Waals surface area contributed by atoms with Gasteiger partial charge in [0.05, 0.1) is 19.2 Å². The zero-order chi connectivity index (χ0) is 17.6. The normalized spacial score (nSPS) is 21.2. The first kappa shape index (κ1) is 18.4. The van der Waals surface area contributed by atoms with Crippen LogP contribution in [-0.4, -0.2) is 68.5 Å². The lowest BCUT2D eigenvalue weighted by Gasteiger charge is -2.30. The van der Waals surface area contributed by atoms with Gasteiger partial charge in [-0.05, 0) is 38.8 Å². The van der Waals surface area contributed by atoms with Crippen molar-refractivity contribution < 1.29 is 5.11 Å². The van der Waals surface area contributed by atoms with Crippen molar-refractivity contribution in [3.8, 4) is 11.8 Å². The Balaban J connectivity index is 1.53. The molecule has 2 aliphatic heterocycles. The first-order valence-electron chi connectivity index (χ1n) is 9.64. The zero-order valence-corrected chi connectivity index (χ0v) is 15.6. The summed E-state index contributed by atoms with van der Waals surface area (Å²) in [6.45, 7) is 7.90.